The van der Waals surface area contributed by atoms with Crippen LogP contribution in [-0.2, 0) is 0 Å². The van der Waals surface area contributed by atoms with E-state index in [9.17, 15) is 0 Å². The van der Waals surface area contributed by atoms with Gasteiger partial charge in [-0.15, -0.1) is 0 Å². The van der Waals surface area contributed by atoms with Gasteiger partial charge in [-0.05, 0) is 31.0 Å². The van der Waals surface area contributed by atoms with Crippen molar-refractivity contribution in [3.8, 4) is 0 Å². The maximum absolute atomic E-state index is 5.72. The van der Waals surface area contributed by atoms with E-state index in [4.69, 9.17) is 5.73 Å². The largest absolute Gasteiger partial charge is 0.398 e. The highest BCUT2D eigenvalue weighted by Crippen LogP contribution is 2.16. The van der Waals surface area contributed by atoms with Crippen LogP contribution < -0.4 is 5.73 Å². The molecule has 0 saturated carbocycles. The lowest BCUT2D eigenvalue weighted by Gasteiger charge is -2.02. The Morgan fingerprint density at radius 1 is 1.36 bits per heavy atom. The van der Waals surface area contributed by atoms with E-state index in [1.54, 1.807) is 0 Å². The molecular formula is C10H13N. The Labute approximate surface area is 67.5 Å². The summed E-state index contributed by atoms with van der Waals surface area (Å²) in [6.07, 6.45) is 4.08. The topological polar surface area (TPSA) is 26.0 Å². The lowest BCUT2D eigenvalue weighted by Crippen LogP contribution is -1.90. The highest BCUT2D eigenvalue weighted by atomic mass is 14.5. The fraction of sp³-hybridized carbons (Fsp3) is 0.200. The summed E-state index contributed by atoms with van der Waals surface area (Å²) < 4.78 is 0. The molecule has 0 heterocycles. The minimum atomic E-state index is 0.862. The molecule has 1 aromatic carbocycles. The number of nitrogen functional groups attached to an aromatic ring is 1. The minimum Gasteiger partial charge on any atom is -0.398 e. The molecule has 58 valence electrons. The number of hydrogen-bond acceptors (Lipinski definition) is 1. The second-order valence-electron chi connectivity index (χ2n) is 2.56. The van der Waals surface area contributed by atoms with Gasteiger partial charge >= 0.3 is 0 Å². The number of rotatable bonds is 1. The first-order valence-corrected chi connectivity index (χ1v) is 3.73. The Morgan fingerprint density at radius 3 is 2.73 bits per heavy atom. The van der Waals surface area contributed by atoms with Gasteiger partial charge in [0.25, 0.3) is 0 Å². The summed E-state index contributed by atoms with van der Waals surface area (Å²) in [7, 11) is 0. The number of nitrogens with two attached hydrogens (primary N) is 1. The molecule has 2 N–H and O–H groups in total. The molecule has 0 aliphatic rings. The van der Waals surface area contributed by atoms with Crippen molar-refractivity contribution in [1.82, 2.24) is 0 Å². The molecule has 0 spiro atoms. The predicted molar refractivity (Wildman–Crippen MR) is 50.3 cm³/mol. The van der Waals surface area contributed by atoms with Crippen LogP contribution in [0.5, 0.6) is 0 Å². The van der Waals surface area contributed by atoms with E-state index in [-0.39, 0.29) is 0 Å². The van der Waals surface area contributed by atoms with Crippen molar-refractivity contribution < 1.29 is 0 Å². The van der Waals surface area contributed by atoms with E-state index < -0.39 is 0 Å². The molecule has 0 atom stereocenters. The quantitative estimate of drug-likeness (QED) is 0.607. The van der Waals surface area contributed by atoms with Gasteiger partial charge in [0.2, 0.25) is 0 Å². The summed E-state index contributed by atoms with van der Waals surface area (Å²) in [5, 5.41) is 0. The average Bonchev–Trinajstić information content (AvgIpc) is 1.99. The lowest BCUT2D eigenvalue weighted by atomic mass is 10.1. The zero-order valence-corrected chi connectivity index (χ0v) is 6.96. The van der Waals surface area contributed by atoms with Crippen molar-refractivity contribution in [1.29, 1.82) is 0 Å². The summed E-state index contributed by atoms with van der Waals surface area (Å²) >= 11 is 0. The molecule has 0 aliphatic carbocycles. The second kappa shape index (κ2) is 3.24. The van der Waals surface area contributed by atoms with Crippen molar-refractivity contribution >= 4 is 11.8 Å². The average molecular weight is 147 g/mol. The highest BCUT2D eigenvalue weighted by molar-refractivity contribution is 5.61. The fourth-order valence-electron chi connectivity index (χ4n) is 1.03. The fourth-order valence-corrected chi connectivity index (χ4v) is 1.03. The summed E-state index contributed by atoms with van der Waals surface area (Å²) in [5.74, 6) is 0. The van der Waals surface area contributed by atoms with Crippen LogP contribution in [0.4, 0.5) is 5.69 Å². The number of benzene rings is 1. The number of anilines is 1. The number of hydrogen-bond donors (Lipinski definition) is 1. The van der Waals surface area contributed by atoms with Gasteiger partial charge in [-0.1, -0.05) is 24.3 Å². The molecule has 0 aliphatic heterocycles. The Bertz CT molecular complexity index is 274. The van der Waals surface area contributed by atoms with E-state index in [2.05, 4.69) is 12.1 Å². The van der Waals surface area contributed by atoms with Crippen molar-refractivity contribution in [2.45, 2.75) is 13.8 Å². The molecule has 0 fully saturated rings. The maximum Gasteiger partial charge on any atom is 0.0349 e. The van der Waals surface area contributed by atoms with Crippen molar-refractivity contribution in [2.24, 2.45) is 0 Å². The molecule has 0 saturated heterocycles. The standard InChI is InChI=1S/C10H13N/c1-3-5-9-6-4-7-10(11)8(9)2/h3-7H,11H2,1-2H3. The van der Waals surface area contributed by atoms with E-state index in [0.717, 1.165) is 11.3 Å². The molecule has 11 heavy (non-hydrogen) atoms. The summed E-state index contributed by atoms with van der Waals surface area (Å²) in [4.78, 5) is 0. The van der Waals surface area contributed by atoms with Crippen LogP contribution >= 0.6 is 0 Å². The van der Waals surface area contributed by atoms with E-state index >= 15 is 0 Å². The third-order valence-corrected chi connectivity index (χ3v) is 1.76. The van der Waals surface area contributed by atoms with Gasteiger partial charge in [0.05, 0.1) is 0 Å². The minimum absolute atomic E-state index is 0.862. The number of allylic oxidation sites excluding steroid dienone is 1. The predicted octanol–water partition coefficient (Wildman–Crippen LogP) is 2.61. The van der Waals surface area contributed by atoms with Gasteiger partial charge < -0.3 is 5.73 Å². The zero-order valence-electron chi connectivity index (χ0n) is 6.96. The molecule has 0 unspecified atom stereocenters. The van der Waals surface area contributed by atoms with Gasteiger partial charge in [0, 0.05) is 5.69 Å². The summed E-state index contributed by atoms with van der Waals surface area (Å²) in [6.45, 7) is 4.04. The maximum atomic E-state index is 5.72. The first-order chi connectivity index (χ1) is 5.25. The van der Waals surface area contributed by atoms with Crippen molar-refractivity contribution in [3.63, 3.8) is 0 Å². The molecular weight excluding hydrogens is 134 g/mol. The van der Waals surface area contributed by atoms with Crippen LogP contribution in [0.3, 0.4) is 0 Å². The van der Waals surface area contributed by atoms with Crippen LogP contribution in [0.1, 0.15) is 18.1 Å². The lowest BCUT2D eigenvalue weighted by molar-refractivity contribution is 1.44. The van der Waals surface area contributed by atoms with Gasteiger partial charge in [-0.25, -0.2) is 0 Å². The van der Waals surface area contributed by atoms with Crippen molar-refractivity contribution in [3.05, 3.63) is 35.4 Å². The van der Waals surface area contributed by atoms with Crippen LogP contribution in [0, 0.1) is 6.92 Å². The summed E-state index contributed by atoms with van der Waals surface area (Å²) in [5.41, 5.74) is 8.94. The first-order valence-electron chi connectivity index (χ1n) is 3.73. The van der Waals surface area contributed by atoms with E-state index in [1.165, 1.54) is 5.56 Å². The normalized spacial score (nSPS) is 10.7. The van der Waals surface area contributed by atoms with Gasteiger partial charge in [0.1, 0.15) is 0 Å². The Hall–Kier alpha value is -1.24. The van der Waals surface area contributed by atoms with Crippen molar-refractivity contribution in [2.75, 3.05) is 5.73 Å². The molecule has 1 nitrogen and oxygen atoms in total. The third-order valence-electron chi connectivity index (χ3n) is 1.76. The molecule has 0 radical (unpaired) electrons. The Balaban J connectivity index is 3.16. The molecule has 0 bridgehead atoms. The second-order valence-corrected chi connectivity index (χ2v) is 2.56. The Morgan fingerprint density at radius 2 is 2.09 bits per heavy atom. The van der Waals surface area contributed by atoms with Gasteiger partial charge in [0.15, 0.2) is 0 Å². The summed E-state index contributed by atoms with van der Waals surface area (Å²) in [6, 6.07) is 5.95. The SMILES string of the molecule is CC=Cc1cccc(N)c1C. The van der Waals surface area contributed by atoms with E-state index in [1.807, 2.05) is 32.1 Å². The third kappa shape index (κ3) is 1.61. The molecule has 0 aromatic heterocycles. The van der Waals surface area contributed by atoms with Crippen LogP contribution in [0.2, 0.25) is 0 Å². The van der Waals surface area contributed by atoms with Crippen LogP contribution in [-0.4, -0.2) is 0 Å². The highest BCUT2D eigenvalue weighted by Gasteiger charge is 1.95. The zero-order chi connectivity index (χ0) is 8.27. The van der Waals surface area contributed by atoms with Gasteiger partial charge in [-0.3, -0.25) is 0 Å². The first kappa shape index (κ1) is 7.86. The molecule has 1 rings (SSSR count). The monoisotopic (exact) mass is 147 g/mol. The van der Waals surface area contributed by atoms with Crippen LogP contribution in [0.15, 0.2) is 24.3 Å². The molecule has 1 aromatic rings. The smallest absolute Gasteiger partial charge is 0.0349 e. The van der Waals surface area contributed by atoms with Crippen LogP contribution in [0.25, 0.3) is 6.08 Å². The molecule has 1 heteroatoms. The van der Waals surface area contributed by atoms with Gasteiger partial charge in [-0.2, -0.15) is 0 Å². The molecule has 0 amide bonds. The Kier molecular flexibility index (Phi) is 2.32. The van der Waals surface area contributed by atoms with E-state index in [0.29, 0.717) is 0 Å².